The number of anilines is 3. The van der Waals surface area contributed by atoms with Crippen LogP contribution in [-0.2, 0) is 0 Å². The van der Waals surface area contributed by atoms with Gasteiger partial charge in [-0.25, -0.2) is 0 Å². The van der Waals surface area contributed by atoms with Gasteiger partial charge in [-0.3, -0.25) is 0 Å². The molecule has 0 aliphatic heterocycles. The molecule has 2 heterocycles. The number of hydrogen-bond acceptors (Lipinski definition) is 2. The summed E-state index contributed by atoms with van der Waals surface area (Å²) in [5.41, 5.74) is 14.1. The van der Waals surface area contributed by atoms with Crippen LogP contribution in [0.4, 0.5) is 17.1 Å². The number of fused-ring (bicyclic) bond motifs is 8. The summed E-state index contributed by atoms with van der Waals surface area (Å²) in [7, 11) is 0. The molecular formula is C58H38N2S. The molecule has 3 heteroatoms. The van der Waals surface area contributed by atoms with Crippen molar-refractivity contribution in [3.63, 3.8) is 0 Å². The van der Waals surface area contributed by atoms with E-state index in [0.717, 1.165) is 22.7 Å². The highest BCUT2D eigenvalue weighted by molar-refractivity contribution is 7.27. The molecule has 0 radical (unpaired) electrons. The summed E-state index contributed by atoms with van der Waals surface area (Å²) in [6, 6.07) is 84.0. The lowest BCUT2D eigenvalue weighted by Crippen LogP contribution is -2.10. The van der Waals surface area contributed by atoms with Crippen LogP contribution in [0.15, 0.2) is 231 Å². The molecule has 12 aromatic rings. The Balaban J connectivity index is 0.966. The first-order valence-electron chi connectivity index (χ1n) is 20.8. The Morgan fingerprint density at radius 1 is 0.311 bits per heavy atom. The molecule has 0 aliphatic rings. The number of benzene rings is 10. The van der Waals surface area contributed by atoms with E-state index in [2.05, 4.69) is 240 Å². The van der Waals surface area contributed by atoms with Gasteiger partial charge >= 0.3 is 0 Å². The van der Waals surface area contributed by atoms with Crippen LogP contribution in [0.1, 0.15) is 0 Å². The van der Waals surface area contributed by atoms with Crippen molar-refractivity contribution in [2.45, 2.75) is 0 Å². The normalized spacial score (nSPS) is 11.6. The van der Waals surface area contributed by atoms with E-state index in [4.69, 9.17) is 0 Å². The van der Waals surface area contributed by atoms with Gasteiger partial charge in [0.2, 0.25) is 0 Å². The summed E-state index contributed by atoms with van der Waals surface area (Å²) in [6.07, 6.45) is 0. The van der Waals surface area contributed by atoms with Crippen molar-refractivity contribution in [2.75, 3.05) is 4.90 Å². The van der Waals surface area contributed by atoms with Crippen molar-refractivity contribution in [3.8, 4) is 39.1 Å². The first-order chi connectivity index (χ1) is 30.3. The van der Waals surface area contributed by atoms with Crippen molar-refractivity contribution in [1.82, 2.24) is 4.57 Å². The maximum absolute atomic E-state index is 2.42. The molecule has 10 aromatic carbocycles. The van der Waals surface area contributed by atoms with Crippen LogP contribution in [-0.4, -0.2) is 4.57 Å². The van der Waals surface area contributed by atoms with Crippen LogP contribution in [0.25, 0.3) is 91.8 Å². The van der Waals surface area contributed by atoms with Gasteiger partial charge in [-0.1, -0.05) is 176 Å². The standard InChI is InChI=1S/C58H38N2S/c1-2-14-39(15-3-1)43-17-12-18-46(38-43)59(45-35-30-42(31-36-45)49-23-13-24-52-53-37-32-40-16-4-5-20-48(40)58(53)61-57(49)52)44-33-28-41(29-34-44)47-19-6-9-25-54(47)60-55-26-10-7-21-50(55)51-22-8-11-27-56(51)60/h1-38H. The summed E-state index contributed by atoms with van der Waals surface area (Å²) in [5, 5.41) is 7.75. The lowest BCUT2D eigenvalue weighted by Gasteiger charge is -2.26. The fraction of sp³-hybridized carbons (Fsp3) is 0. The van der Waals surface area contributed by atoms with Crippen LogP contribution in [0.3, 0.4) is 0 Å². The Kier molecular flexibility index (Phi) is 8.39. The number of rotatable bonds is 7. The Morgan fingerprint density at radius 2 is 0.852 bits per heavy atom. The second-order valence-electron chi connectivity index (χ2n) is 15.7. The van der Waals surface area contributed by atoms with E-state index in [1.807, 2.05) is 11.3 Å². The smallest absolute Gasteiger partial charge is 0.0541 e. The molecule has 286 valence electrons. The molecule has 0 atom stereocenters. The highest BCUT2D eigenvalue weighted by Crippen LogP contribution is 2.44. The zero-order valence-electron chi connectivity index (χ0n) is 33.2. The molecule has 0 spiro atoms. The number of para-hydroxylation sites is 3. The van der Waals surface area contributed by atoms with E-state index in [1.165, 1.54) is 86.1 Å². The molecule has 0 unspecified atom stereocenters. The Labute approximate surface area is 358 Å². The summed E-state index contributed by atoms with van der Waals surface area (Å²) in [5.74, 6) is 0. The number of nitrogens with zero attached hydrogens (tertiary/aromatic N) is 2. The fourth-order valence-electron chi connectivity index (χ4n) is 9.33. The second kappa shape index (κ2) is 14.5. The van der Waals surface area contributed by atoms with E-state index in [-0.39, 0.29) is 0 Å². The zero-order valence-corrected chi connectivity index (χ0v) is 34.1. The van der Waals surface area contributed by atoms with Crippen LogP contribution < -0.4 is 4.90 Å². The van der Waals surface area contributed by atoms with Crippen molar-refractivity contribution < 1.29 is 0 Å². The van der Waals surface area contributed by atoms with Gasteiger partial charge in [0.05, 0.1) is 16.7 Å². The molecule has 0 amide bonds. The summed E-state index contributed by atoms with van der Waals surface area (Å²) in [4.78, 5) is 2.38. The molecule has 0 saturated carbocycles. The van der Waals surface area contributed by atoms with Crippen molar-refractivity contribution in [3.05, 3.63) is 231 Å². The minimum Gasteiger partial charge on any atom is -0.310 e. The van der Waals surface area contributed by atoms with Gasteiger partial charge in [0, 0.05) is 53.6 Å². The largest absolute Gasteiger partial charge is 0.310 e. The molecule has 61 heavy (non-hydrogen) atoms. The van der Waals surface area contributed by atoms with Gasteiger partial charge in [-0.05, 0) is 93.2 Å². The van der Waals surface area contributed by atoms with Crippen molar-refractivity contribution in [2.24, 2.45) is 0 Å². The van der Waals surface area contributed by atoms with Crippen LogP contribution in [0.2, 0.25) is 0 Å². The zero-order chi connectivity index (χ0) is 40.3. The minimum absolute atomic E-state index is 1.09. The third kappa shape index (κ3) is 5.93. The van der Waals surface area contributed by atoms with Crippen molar-refractivity contribution >= 4 is 81.1 Å². The highest BCUT2D eigenvalue weighted by atomic mass is 32.1. The van der Waals surface area contributed by atoms with Gasteiger partial charge in [0.15, 0.2) is 0 Å². The predicted octanol–water partition coefficient (Wildman–Crippen LogP) is 16.8. The minimum atomic E-state index is 1.09. The SMILES string of the molecule is c1ccc(-c2cccc(N(c3ccc(-c4ccccc4-n4c5ccccc5c5ccccc54)cc3)c3ccc(-c4cccc5c4sc4c6ccccc6ccc54)cc3)c2)cc1. The van der Waals surface area contributed by atoms with E-state index < -0.39 is 0 Å². The average molecular weight is 795 g/mol. The van der Waals surface area contributed by atoms with E-state index >= 15 is 0 Å². The molecule has 0 aliphatic carbocycles. The number of aromatic nitrogens is 1. The van der Waals surface area contributed by atoms with Gasteiger partial charge in [-0.15, -0.1) is 11.3 Å². The first kappa shape index (κ1) is 35.2. The van der Waals surface area contributed by atoms with Crippen molar-refractivity contribution in [1.29, 1.82) is 0 Å². The first-order valence-corrected chi connectivity index (χ1v) is 21.7. The van der Waals surface area contributed by atoms with Crippen LogP contribution >= 0.6 is 11.3 Å². The average Bonchev–Trinajstić information content (AvgIpc) is 3.89. The monoisotopic (exact) mass is 794 g/mol. The molecule has 12 rings (SSSR count). The second-order valence-corrected chi connectivity index (χ2v) is 16.7. The van der Waals surface area contributed by atoms with Crippen LogP contribution in [0.5, 0.6) is 0 Å². The number of hydrogen-bond donors (Lipinski definition) is 0. The van der Waals surface area contributed by atoms with E-state index in [1.54, 1.807) is 0 Å². The Bertz CT molecular complexity index is 3520. The molecule has 2 aromatic heterocycles. The van der Waals surface area contributed by atoms with Gasteiger partial charge < -0.3 is 9.47 Å². The summed E-state index contributed by atoms with van der Waals surface area (Å²) >= 11 is 1.90. The number of thiophene rings is 1. The third-order valence-corrected chi connectivity index (χ3v) is 13.5. The quantitative estimate of drug-likeness (QED) is 0.156. The van der Waals surface area contributed by atoms with Crippen LogP contribution in [0, 0.1) is 0 Å². The molecule has 0 N–H and O–H groups in total. The lowest BCUT2D eigenvalue weighted by molar-refractivity contribution is 1.18. The topological polar surface area (TPSA) is 8.17 Å². The van der Waals surface area contributed by atoms with E-state index in [9.17, 15) is 0 Å². The lowest BCUT2D eigenvalue weighted by atomic mass is 10.00. The molecular weight excluding hydrogens is 757 g/mol. The third-order valence-electron chi connectivity index (χ3n) is 12.2. The van der Waals surface area contributed by atoms with Gasteiger partial charge in [-0.2, -0.15) is 0 Å². The highest BCUT2D eigenvalue weighted by Gasteiger charge is 2.18. The van der Waals surface area contributed by atoms with E-state index in [0.29, 0.717) is 0 Å². The molecule has 0 bridgehead atoms. The maximum Gasteiger partial charge on any atom is 0.0541 e. The van der Waals surface area contributed by atoms with Gasteiger partial charge in [0.25, 0.3) is 0 Å². The molecule has 2 nitrogen and oxygen atoms in total. The Hall–Kier alpha value is -7.72. The molecule has 0 fully saturated rings. The predicted molar refractivity (Wildman–Crippen MR) is 262 cm³/mol. The maximum atomic E-state index is 2.42. The summed E-state index contributed by atoms with van der Waals surface area (Å²) in [6.45, 7) is 0. The summed E-state index contributed by atoms with van der Waals surface area (Å²) < 4.78 is 5.09. The fourth-order valence-corrected chi connectivity index (χ4v) is 10.7. The van der Waals surface area contributed by atoms with Gasteiger partial charge in [0.1, 0.15) is 0 Å². The molecule has 0 saturated heterocycles. The Morgan fingerprint density at radius 3 is 1.59 bits per heavy atom.